The molecule has 5 aliphatic heterocycles. The van der Waals surface area contributed by atoms with Gasteiger partial charge >= 0.3 is 5.97 Å². The monoisotopic (exact) mass is 1470 g/mol. The Balaban J connectivity index is 0.913. The van der Waals surface area contributed by atoms with Gasteiger partial charge in [0.15, 0.2) is 0 Å². The summed E-state index contributed by atoms with van der Waals surface area (Å²) in [5.74, 6) is -4.00. The smallest absolute Gasteiger partial charge is 0.330 e. The summed E-state index contributed by atoms with van der Waals surface area (Å²) in [6, 6.07) is 3.83. The molecule has 4 atom stereocenters. The summed E-state index contributed by atoms with van der Waals surface area (Å²) in [5.41, 5.74) is 14.7. The number of H-pyrrole nitrogens is 2. The molecule has 6 amide bonds. The van der Waals surface area contributed by atoms with Gasteiger partial charge in [-0.3, -0.25) is 38.6 Å². The van der Waals surface area contributed by atoms with Crippen LogP contribution in [0.1, 0.15) is 140 Å². The van der Waals surface area contributed by atoms with Gasteiger partial charge in [0.25, 0.3) is 11.8 Å². The van der Waals surface area contributed by atoms with Gasteiger partial charge in [-0.2, -0.15) is 0 Å². The van der Waals surface area contributed by atoms with E-state index in [0.717, 1.165) is 16.7 Å². The summed E-state index contributed by atoms with van der Waals surface area (Å²) in [6.07, 6.45) is 3.97. The fraction of sp³-hybridized carbons (Fsp3) is 0.635. The van der Waals surface area contributed by atoms with E-state index in [-0.39, 0.29) is 103 Å². The molecule has 1 saturated heterocycles. The molecule has 8 N–H and O–H groups in total. The van der Waals surface area contributed by atoms with Crippen LogP contribution >= 0.6 is 0 Å². The number of morpholine rings is 1. The van der Waals surface area contributed by atoms with Crippen LogP contribution in [-0.4, -0.2) is 305 Å². The predicted molar refractivity (Wildman–Crippen MR) is 390 cm³/mol. The topological polar surface area (TPSA) is 380 Å². The van der Waals surface area contributed by atoms with E-state index in [1.807, 2.05) is 52.8 Å². The number of likely N-dealkylation sites (N-methyl/N-ethyl adjacent to an activating group) is 1. The zero-order valence-corrected chi connectivity index (χ0v) is 62.5. The van der Waals surface area contributed by atoms with Crippen LogP contribution in [0.15, 0.2) is 30.4 Å². The lowest BCUT2D eigenvalue weighted by molar-refractivity contribution is -0.139. The summed E-state index contributed by atoms with van der Waals surface area (Å²) < 4.78 is 65.5. The highest BCUT2D eigenvalue weighted by molar-refractivity contribution is 6.23. The summed E-state index contributed by atoms with van der Waals surface area (Å²) in [5, 5.41) is 17.0. The number of aromatic amines is 2. The molecule has 0 aliphatic carbocycles. The molecular formula is C74H111N11O20. The second-order valence-electron chi connectivity index (χ2n) is 25.6. The Labute approximate surface area is 614 Å². The van der Waals surface area contributed by atoms with E-state index in [0.29, 0.717) is 207 Å². The number of carbonyl (C=O) groups is 7. The molecule has 2 aromatic rings. The molecule has 0 saturated carbocycles. The quantitative estimate of drug-likeness (QED) is 0.0216. The van der Waals surface area contributed by atoms with Crippen LogP contribution in [0.25, 0.3) is 33.3 Å². The third-order valence-corrected chi connectivity index (χ3v) is 18.3. The fourth-order valence-corrected chi connectivity index (χ4v) is 12.2. The van der Waals surface area contributed by atoms with Crippen molar-refractivity contribution in [2.24, 2.45) is 5.73 Å². The molecule has 582 valence electrons. The standard InChI is InChI=1S/C74H111N11O20/c1-9-55-49(2)59-47-63-56(11-13-66(89)105-45-44-104-33-30-97-27-22-86)50(3)58(80-63)46-60-51(4)57(69(81-60)68-70-67(52(5)61(82-70)48-62(55)79-59)73(92)85(74(68)93)19-18-84-20-25-96-26-21-84)10-12-65(88)83(8)17-16-76-71(90)53(6)78-72(91)54(7)77-64(87)14-23-94-28-31-98-34-36-100-38-40-102-42-43-103-41-39-101-37-35-99-32-29-95-24-15-75/h11,13,46-48,51,53-54,57,81-82,86H,9-10,12,14-45,75H2,1-8H3,(H,76,90)(H,77,87)(H,78,91)/b13-11+,60-46?,62-48?,63-47?,69-68?/t51-,53-,54-,57-/m0/s1. The summed E-state index contributed by atoms with van der Waals surface area (Å²) in [7, 11) is 1.64. The van der Waals surface area contributed by atoms with Gasteiger partial charge in [-0.1, -0.05) is 13.8 Å². The first-order valence-corrected chi connectivity index (χ1v) is 36.6. The van der Waals surface area contributed by atoms with Crippen molar-refractivity contribution in [3.05, 3.63) is 81.2 Å². The largest absolute Gasteiger partial charge is 0.460 e. The van der Waals surface area contributed by atoms with Crippen LogP contribution in [0.2, 0.25) is 0 Å². The number of hydrogen-bond donors (Lipinski definition) is 7. The number of rotatable bonds is 50. The van der Waals surface area contributed by atoms with Crippen molar-refractivity contribution in [3.63, 3.8) is 0 Å². The third-order valence-electron chi connectivity index (χ3n) is 18.3. The lowest BCUT2D eigenvalue weighted by atomic mass is 9.84. The molecular weight excluding hydrogens is 1360 g/mol. The number of nitrogens with zero attached hydrogens (tertiary/aromatic N) is 5. The summed E-state index contributed by atoms with van der Waals surface area (Å²) in [6.45, 7) is 23.9. The predicted octanol–water partition coefficient (Wildman–Crippen LogP) is 3.40. The highest BCUT2D eigenvalue weighted by Crippen LogP contribution is 2.45. The zero-order valence-electron chi connectivity index (χ0n) is 62.5. The molecule has 0 aromatic carbocycles. The molecule has 0 radical (unpaired) electrons. The van der Waals surface area contributed by atoms with Crippen LogP contribution in [-0.2, 0) is 80.8 Å². The Kier molecular flexibility index (Phi) is 37.1. The maximum atomic E-state index is 15.4. The van der Waals surface area contributed by atoms with Gasteiger partial charge in [-0.25, -0.2) is 14.8 Å². The average molecular weight is 1470 g/mol. The number of fused-ring (bicyclic) bond motifs is 8. The van der Waals surface area contributed by atoms with Gasteiger partial charge in [-0.05, 0) is 94.0 Å². The molecule has 8 bridgehead atoms. The van der Waals surface area contributed by atoms with Crippen molar-refractivity contribution in [1.82, 2.24) is 50.6 Å². The number of aliphatic hydroxyl groups is 1. The van der Waals surface area contributed by atoms with Gasteiger partial charge < -0.3 is 98.5 Å². The number of nitrogens with one attached hydrogen (secondary N) is 5. The molecule has 1 fully saturated rings. The molecule has 7 heterocycles. The lowest BCUT2D eigenvalue weighted by Crippen LogP contribution is -2.52. The van der Waals surface area contributed by atoms with Crippen molar-refractivity contribution in [2.75, 3.05) is 211 Å². The van der Waals surface area contributed by atoms with Crippen molar-refractivity contribution in [3.8, 4) is 0 Å². The second kappa shape index (κ2) is 45.9. The molecule has 105 heavy (non-hydrogen) atoms. The SMILES string of the molecule is CCC1=C(C)c2cc3nc(cc4[nH]c(c5c6[nH]c(cc1n2)c(C)c6C(=O)N(CCN1CCOCC1)C5=O)[C@@H](CCC(=O)N(C)CCNC(=O)[C@H](C)NC(=O)[C@H](C)NC(=O)CCOCCOCCOCCOCCOCCOCCOCCOCCN)[C@@H]4C)C(C)=C3/C=C/C(=O)OCCOCCOCCO. The van der Waals surface area contributed by atoms with Crippen LogP contribution < -0.4 is 21.7 Å². The van der Waals surface area contributed by atoms with Gasteiger partial charge in [0.05, 0.1) is 191 Å². The molecule has 2 aromatic heterocycles. The van der Waals surface area contributed by atoms with Gasteiger partial charge in [-0.15, -0.1) is 0 Å². The Hall–Kier alpha value is -7.47. The highest BCUT2D eigenvalue weighted by atomic mass is 16.6. The number of imide groups is 1. The summed E-state index contributed by atoms with van der Waals surface area (Å²) in [4.78, 5) is 119. The summed E-state index contributed by atoms with van der Waals surface area (Å²) >= 11 is 0. The van der Waals surface area contributed by atoms with Crippen LogP contribution in [0.4, 0.5) is 0 Å². The van der Waals surface area contributed by atoms with E-state index >= 15 is 4.79 Å². The van der Waals surface area contributed by atoms with Crippen LogP contribution in [0.3, 0.4) is 0 Å². The number of esters is 1. The Bertz CT molecular complexity index is 3490. The maximum absolute atomic E-state index is 15.4. The van der Waals surface area contributed by atoms with E-state index in [1.165, 1.54) is 29.7 Å². The average Bonchev–Trinajstić information content (AvgIpc) is 1.59. The van der Waals surface area contributed by atoms with Crippen molar-refractivity contribution < 1.29 is 95.5 Å². The first kappa shape index (κ1) is 84.8. The minimum absolute atomic E-state index is 0.00328. The Morgan fingerprint density at radius 1 is 0.667 bits per heavy atom. The first-order valence-electron chi connectivity index (χ1n) is 36.6. The van der Waals surface area contributed by atoms with E-state index in [2.05, 4.69) is 30.8 Å². The van der Waals surface area contributed by atoms with E-state index in [1.54, 1.807) is 13.1 Å². The minimum atomic E-state index is -0.977. The Morgan fingerprint density at radius 3 is 1.80 bits per heavy atom. The molecule has 0 unspecified atom stereocenters. The number of hydrogen-bond acceptors (Lipinski definition) is 24. The number of aromatic nitrogens is 4. The van der Waals surface area contributed by atoms with Crippen LogP contribution in [0.5, 0.6) is 0 Å². The van der Waals surface area contributed by atoms with E-state index < -0.39 is 53.5 Å². The lowest BCUT2D eigenvalue weighted by Gasteiger charge is -2.31. The van der Waals surface area contributed by atoms with Crippen LogP contribution in [0, 0.1) is 6.92 Å². The zero-order chi connectivity index (χ0) is 75.5. The molecule has 5 aliphatic rings. The van der Waals surface area contributed by atoms with Gasteiger partial charge in [0, 0.05) is 106 Å². The van der Waals surface area contributed by atoms with Crippen molar-refractivity contribution in [2.45, 2.75) is 98.1 Å². The minimum Gasteiger partial charge on any atom is -0.460 e. The molecule has 31 heteroatoms. The van der Waals surface area contributed by atoms with E-state index in [4.69, 9.17) is 77.7 Å². The number of aliphatic hydroxyl groups excluding tert-OH is 1. The number of amides is 6. The molecule has 7 rings (SSSR count). The Morgan fingerprint density at radius 2 is 1.21 bits per heavy atom. The highest BCUT2D eigenvalue weighted by Gasteiger charge is 2.41. The second-order valence-corrected chi connectivity index (χ2v) is 25.6. The number of nitrogens with two attached hydrogens (primary N) is 1. The van der Waals surface area contributed by atoms with Gasteiger partial charge in [0.2, 0.25) is 23.6 Å². The maximum Gasteiger partial charge on any atom is 0.330 e. The van der Waals surface area contributed by atoms with E-state index in [9.17, 15) is 28.8 Å². The van der Waals surface area contributed by atoms with Gasteiger partial charge in [0.1, 0.15) is 18.7 Å². The number of aryl methyl sites for hydroxylation is 1. The molecule has 31 nitrogen and oxygen atoms in total. The third kappa shape index (κ3) is 26.5. The number of ether oxygens (including phenoxy) is 12. The van der Waals surface area contributed by atoms with Crippen molar-refractivity contribution in [1.29, 1.82) is 0 Å². The fourth-order valence-electron chi connectivity index (χ4n) is 12.2. The normalized spacial score (nSPS) is 16.3. The first-order chi connectivity index (χ1) is 50.9. The number of allylic oxidation sites excluding steroid dienone is 5. The molecule has 0 spiro atoms. The van der Waals surface area contributed by atoms with Crippen molar-refractivity contribution >= 4 is 74.7 Å². The number of carbonyl (C=O) groups excluding carboxylic acids is 7.